The molecule has 0 amide bonds. The van der Waals surface area contributed by atoms with Gasteiger partial charge in [-0.3, -0.25) is 0 Å². The molecule has 2 N–H and O–H groups in total. The normalized spacial score (nSPS) is 25.5. The van der Waals surface area contributed by atoms with Crippen LogP contribution in [0.3, 0.4) is 0 Å². The van der Waals surface area contributed by atoms with E-state index in [1.54, 1.807) is 7.11 Å². The molecule has 0 unspecified atom stereocenters. The van der Waals surface area contributed by atoms with Gasteiger partial charge in [0.15, 0.2) is 0 Å². The van der Waals surface area contributed by atoms with Crippen LogP contribution in [0.4, 0.5) is 0 Å². The molecule has 0 spiro atoms. The second kappa shape index (κ2) is 4.64. The molecule has 1 aromatic carbocycles. The molecule has 1 aliphatic rings. The molecule has 15 heavy (non-hydrogen) atoms. The van der Waals surface area contributed by atoms with Gasteiger partial charge in [-0.1, -0.05) is 12.1 Å². The van der Waals surface area contributed by atoms with Crippen molar-refractivity contribution >= 4 is 0 Å². The molecular weight excluding hydrogens is 190 g/mol. The van der Waals surface area contributed by atoms with Crippen LogP contribution in [0.2, 0.25) is 0 Å². The average molecular weight is 207 g/mol. The van der Waals surface area contributed by atoms with Crippen LogP contribution in [0.15, 0.2) is 24.3 Å². The molecule has 0 bridgehead atoms. The van der Waals surface area contributed by atoms with Gasteiger partial charge in [-0.15, -0.1) is 0 Å². The molecule has 0 radical (unpaired) electrons. The Morgan fingerprint density at radius 3 is 3.00 bits per heavy atom. The maximum Gasteiger partial charge on any atom is 0.119 e. The number of rotatable bonds is 3. The van der Waals surface area contributed by atoms with Gasteiger partial charge >= 0.3 is 0 Å². The van der Waals surface area contributed by atoms with E-state index in [0.717, 1.165) is 18.6 Å². The first-order valence-electron chi connectivity index (χ1n) is 5.33. The Morgan fingerprint density at radius 2 is 2.33 bits per heavy atom. The van der Waals surface area contributed by atoms with Crippen molar-refractivity contribution in [3.05, 3.63) is 29.8 Å². The molecule has 0 aromatic heterocycles. The molecule has 1 aliphatic heterocycles. The van der Waals surface area contributed by atoms with Crippen molar-refractivity contribution in [2.24, 2.45) is 5.73 Å². The zero-order valence-electron chi connectivity index (χ0n) is 8.98. The highest BCUT2D eigenvalue weighted by atomic mass is 16.5. The largest absolute Gasteiger partial charge is 0.497 e. The maximum absolute atomic E-state index is 5.82. The van der Waals surface area contributed by atoms with Crippen molar-refractivity contribution < 1.29 is 9.47 Å². The summed E-state index contributed by atoms with van der Waals surface area (Å²) in [4.78, 5) is 0. The molecule has 2 rings (SSSR count). The van der Waals surface area contributed by atoms with Crippen LogP contribution in [0.5, 0.6) is 5.75 Å². The lowest BCUT2D eigenvalue weighted by Crippen LogP contribution is -2.18. The first kappa shape index (κ1) is 10.5. The second-order valence-electron chi connectivity index (χ2n) is 3.84. The van der Waals surface area contributed by atoms with Gasteiger partial charge in [-0.05, 0) is 30.5 Å². The predicted molar refractivity (Wildman–Crippen MR) is 58.9 cm³/mol. The average Bonchev–Trinajstić information content (AvgIpc) is 2.78. The third-order valence-electron chi connectivity index (χ3n) is 2.84. The number of ether oxygens (including phenoxy) is 2. The molecule has 3 nitrogen and oxygen atoms in total. The quantitative estimate of drug-likeness (QED) is 0.823. The lowest BCUT2D eigenvalue weighted by molar-refractivity contribution is 0.0497. The topological polar surface area (TPSA) is 44.5 Å². The van der Waals surface area contributed by atoms with Gasteiger partial charge < -0.3 is 15.2 Å². The van der Waals surface area contributed by atoms with Crippen LogP contribution >= 0.6 is 0 Å². The molecule has 0 saturated carbocycles. The Labute approximate surface area is 90.2 Å². The Balaban J connectivity index is 2.09. The van der Waals surface area contributed by atoms with E-state index in [1.165, 1.54) is 5.56 Å². The van der Waals surface area contributed by atoms with Gasteiger partial charge in [-0.25, -0.2) is 0 Å². The van der Waals surface area contributed by atoms with E-state index < -0.39 is 0 Å². The van der Waals surface area contributed by atoms with Crippen molar-refractivity contribution in [3.8, 4) is 5.75 Å². The molecule has 1 aromatic rings. The van der Waals surface area contributed by atoms with E-state index in [0.29, 0.717) is 6.54 Å². The standard InChI is InChI=1S/C12H17NO2/c1-14-10-4-2-3-9(7-10)12-6-5-11(8-13)15-12/h2-4,7,11-12H,5-6,8,13H2,1H3/t11-,12+/m1/s1. The minimum absolute atomic E-state index is 0.189. The maximum atomic E-state index is 5.82. The molecule has 1 saturated heterocycles. The molecule has 1 fully saturated rings. The lowest BCUT2D eigenvalue weighted by atomic mass is 10.1. The lowest BCUT2D eigenvalue weighted by Gasteiger charge is -2.13. The van der Waals surface area contributed by atoms with E-state index in [1.807, 2.05) is 18.2 Å². The highest BCUT2D eigenvalue weighted by Crippen LogP contribution is 2.33. The summed E-state index contributed by atoms with van der Waals surface area (Å²) in [6.45, 7) is 0.612. The molecular formula is C12H17NO2. The zero-order valence-corrected chi connectivity index (χ0v) is 8.98. The third-order valence-corrected chi connectivity index (χ3v) is 2.84. The summed E-state index contributed by atoms with van der Waals surface area (Å²) in [6, 6.07) is 8.04. The van der Waals surface area contributed by atoms with E-state index in [-0.39, 0.29) is 12.2 Å². The Kier molecular flexibility index (Phi) is 3.23. The Hall–Kier alpha value is -1.06. The van der Waals surface area contributed by atoms with Crippen molar-refractivity contribution in [1.29, 1.82) is 0 Å². The van der Waals surface area contributed by atoms with Crippen molar-refractivity contribution in [1.82, 2.24) is 0 Å². The fourth-order valence-electron chi connectivity index (χ4n) is 1.97. The monoisotopic (exact) mass is 207 g/mol. The minimum Gasteiger partial charge on any atom is -0.497 e. The van der Waals surface area contributed by atoms with E-state index >= 15 is 0 Å². The van der Waals surface area contributed by atoms with Gasteiger partial charge in [0.1, 0.15) is 5.75 Å². The zero-order chi connectivity index (χ0) is 10.7. The van der Waals surface area contributed by atoms with Crippen LogP contribution < -0.4 is 10.5 Å². The highest BCUT2D eigenvalue weighted by molar-refractivity contribution is 5.30. The summed E-state index contributed by atoms with van der Waals surface area (Å²) in [5.74, 6) is 0.882. The van der Waals surface area contributed by atoms with Gasteiger partial charge in [0.25, 0.3) is 0 Å². The summed E-state index contributed by atoms with van der Waals surface area (Å²) < 4.78 is 11.0. The van der Waals surface area contributed by atoms with E-state index in [2.05, 4.69) is 6.07 Å². The van der Waals surface area contributed by atoms with Crippen molar-refractivity contribution in [2.45, 2.75) is 25.0 Å². The van der Waals surface area contributed by atoms with Crippen molar-refractivity contribution in [3.63, 3.8) is 0 Å². The Morgan fingerprint density at radius 1 is 1.47 bits per heavy atom. The van der Waals surface area contributed by atoms with Crippen LogP contribution in [0.1, 0.15) is 24.5 Å². The number of methoxy groups -OCH3 is 1. The second-order valence-corrected chi connectivity index (χ2v) is 3.84. The van der Waals surface area contributed by atoms with Gasteiger partial charge in [0.2, 0.25) is 0 Å². The first-order valence-corrected chi connectivity index (χ1v) is 5.33. The number of hydrogen-bond donors (Lipinski definition) is 1. The van der Waals surface area contributed by atoms with Crippen LogP contribution in [0.25, 0.3) is 0 Å². The smallest absolute Gasteiger partial charge is 0.119 e. The fourth-order valence-corrected chi connectivity index (χ4v) is 1.97. The number of nitrogens with two attached hydrogens (primary N) is 1. The fraction of sp³-hybridized carbons (Fsp3) is 0.500. The Bertz CT molecular complexity index is 327. The summed E-state index contributed by atoms with van der Waals surface area (Å²) in [5.41, 5.74) is 6.77. The summed E-state index contributed by atoms with van der Waals surface area (Å²) in [5, 5.41) is 0. The van der Waals surface area contributed by atoms with E-state index in [4.69, 9.17) is 15.2 Å². The summed E-state index contributed by atoms with van der Waals surface area (Å²) in [6.07, 6.45) is 2.52. The molecule has 3 heteroatoms. The van der Waals surface area contributed by atoms with Gasteiger partial charge in [0.05, 0.1) is 19.3 Å². The summed E-state index contributed by atoms with van der Waals surface area (Å²) >= 11 is 0. The van der Waals surface area contributed by atoms with Gasteiger partial charge in [0, 0.05) is 6.54 Å². The van der Waals surface area contributed by atoms with Crippen LogP contribution in [0, 0.1) is 0 Å². The molecule has 0 aliphatic carbocycles. The van der Waals surface area contributed by atoms with E-state index in [9.17, 15) is 0 Å². The third kappa shape index (κ3) is 2.30. The van der Waals surface area contributed by atoms with Gasteiger partial charge in [-0.2, -0.15) is 0 Å². The highest BCUT2D eigenvalue weighted by Gasteiger charge is 2.25. The summed E-state index contributed by atoms with van der Waals surface area (Å²) in [7, 11) is 1.68. The van der Waals surface area contributed by atoms with Crippen molar-refractivity contribution in [2.75, 3.05) is 13.7 Å². The van der Waals surface area contributed by atoms with Crippen LogP contribution in [-0.4, -0.2) is 19.8 Å². The first-order chi connectivity index (χ1) is 7.33. The predicted octanol–water partition coefficient (Wildman–Crippen LogP) is 1.87. The minimum atomic E-state index is 0.189. The molecule has 1 heterocycles. The SMILES string of the molecule is COc1cccc([C@@H]2CC[C@H](CN)O2)c1. The van der Waals surface area contributed by atoms with Crippen LogP contribution in [-0.2, 0) is 4.74 Å². The number of benzene rings is 1. The molecule has 2 atom stereocenters. The molecule has 82 valence electrons. The number of hydrogen-bond acceptors (Lipinski definition) is 3.